The molecule has 6 heteroatoms. The van der Waals surface area contributed by atoms with Gasteiger partial charge in [-0.1, -0.05) is 20.8 Å². The Hall–Kier alpha value is -0.170. The predicted molar refractivity (Wildman–Crippen MR) is 70.3 cm³/mol. The van der Waals surface area contributed by atoms with Gasteiger partial charge in [0.2, 0.25) is 10.0 Å². The molecule has 17 heavy (non-hydrogen) atoms. The van der Waals surface area contributed by atoms with Crippen molar-refractivity contribution in [3.05, 3.63) is 0 Å². The Bertz CT molecular complexity index is 298. The van der Waals surface area contributed by atoms with Crippen molar-refractivity contribution in [2.45, 2.75) is 38.9 Å². The Kier molecular flexibility index (Phi) is 7.23. The zero-order valence-electron chi connectivity index (χ0n) is 11.3. The van der Waals surface area contributed by atoms with Gasteiger partial charge < -0.3 is 10.5 Å². The monoisotopic (exact) mass is 266 g/mol. The molecule has 0 aromatic rings. The zero-order valence-corrected chi connectivity index (χ0v) is 12.1. The highest BCUT2D eigenvalue weighted by Crippen LogP contribution is 2.19. The van der Waals surface area contributed by atoms with Crippen LogP contribution in [0.4, 0.5) is 0 Å². The molecule has 0 bridgehead atoms. The zero-order chi connectivity index (χ0) is 13.5. The summed E-state index contributed by atoms with van der Waals surface area (Å²) in [5.41, 5.74) is 5.33. The Morgan fingerprint density at radius 2 is 2.00 bits per heavy atom. The molecule has 0 radical (unpaired) electrons. The fourth-order valence-electron chi connectivity index (χ4n) is 1.39. The van der Waals surface area contributed by atoms with Crippen LogP contribution in [-0.4, -0.2) is 40.5 Å². The topological polar surface area (TPSA) is 81.4 Å². The van der Waals surface area contributed by atoms with Gasteiger partial charge >= 0.3 is 0 Å². The van der Waals surface area contributed by atoms with Crippen molar-refractivity contribution in [1.82, 2.24) is 4.72 Å². The van der Waals surface area contributed by atoms with Crippen molar-refractivity contribution in [2.24, 2.45) is 11.1 Å². The molecule has 5 nitrogen and oxygen atoms in total. The molecular weight excluding hydrogens is 240 g/mol. The first kappa shape index (κ1) is 16.8. The molecule has 0 aliphatic heterocycles. The molecule has 1 atom stereocenters. The number of nitrogens with one attached hydrogen (secondary N) is 1. The van der Waals surface area contributed by atoms with E-state index in [9.17, 15) is 8.42 Å². The van der Waals surface area contributed by atoms with Gasteiger partial charge in [-0.25, -0.2) is 13.1 Å². The van der Waals surface area contributed by atoms with Crippen molar-refractivity contribution in [1.29, 1.82) is 0 Å². The minimum Gasteiger partial charge on any atom is -0.385 e. The van der Waals surface area contributed by atoms with Gasteiger partial charge in [0.1, 0.15) is 0 Å². The second kappa shape index (κ2) is 7.31. The van der Waals surface area contributed by atoms with Crippen LogP contribution in [0.5, 0.6) is 0 Å². The Morgan fingerprint density at radius 1 is 1.41 bits per heavy atom. The van der Waals surface area contributed by atoms with Crippen LogP contribution >= 0.6 is 0 Å². The van der Waals surface area contributed by atoms with Gasteiger partial charge in [-0.15, -0.1) is 0 Å². The molecule has 0 aromatic carbocycles. The van der Waals surface area contributed by atoms with Gasteiger partial charge in [-0.05, 0) is 18.3 Å². The van der Waals surface area contributed by atoms with E-state index in [1.54, 1.807) is 7.11 Å². The van der Waals surface area contributed by atoms with Crippen molar-refractivity contribution in [3.8, 4) is 0 Å². The molecular formula is C11H26N2O3S. The summed E-state index contributed by atoms with van der Waals surface area (Å²) in [6, 6.07) is 0. The molecule has 0 fully saturated rings. The van der Waals surface area contributed by atoms with Gasteiger partial charge in [-0.2, -0.15) is 0 Å². The minimum absolute atomic E-state index is 0.115. The first-order chi connectivity index (χ1) is 7.79. The standard InChI is InChI=1S/C11H26N2O3S/c1-5-10(8-12)17(14,15)13-9-11(2,3)6-7-16-4/h10,13H,5-9,12H2,1-4H3. The molecule has 0 saturated heterocycles. The third-order valence-electron chi connectivity index (χ3n) is 2.89. The summed E-state index contributed by atoms with van der Waals surface area (Å²) >= 11 is 0. The lowest BCUT2D eigenvalue weighted by Crippen LogP contribution is -2.42. The molecule has 0 spiro atoms. The summed E-state index contributed by atoms with van der Waals surface area (Å²) in [5, 5.41) is -0.499. The normalized spacial score (nSPS) is 14.9. The van der Waals surface area contributed by atoms with Gasteiger partial charge in [0.15, 0.2) is 0 Å². The molecule has 0 rings (SSSR count). The highest BCUT2D eigenvalue weighted by Gasteiger charge is 2.25. The number of hydrogen-bond acceptors (Lipinski definition) is 4. The molecule has 0 saturated carbocycles. The Balaban J connectivity index is 4.35. The lowest BCUT2D eigenvalue weighted by atomic mass is 9.90. The SMILES string of the molecule is CCC(CN)S(=O)(=O)NCC(C)(C)CCOC. The smallest absolute Gasteiger partial charge is 0.215 e. The summed E-state index contributed by atoms with van der Waals surface area (Å²) < 4.78 is 31.4. The molecule has 3 N–H and O–H groups in total. The number of methoxy groups -OCH3 is 1. The van der Waals surface area contributed by atoms with Crippen LogP contribution in [0, 0.1) is 5.41 Å². The maximum Gasteiger partial charge on any atom is 0.215 e. The first-order valence-corrected chi connectivity index (χ1v) is 7.51. The fraction of sp³-hybridized carbons (Fsp3) is 1.00. The second-order valence-electron chi connectivity index (χ2n) is 5.04. The third-order valence-corrected chi connectivity index (χ3v) is 4.84. The van der Waals surface area contributed by atoms with Crippen LogP contribution in [0.3, 0.4) is 0 Å². The van der Waals surface area contributed by atoms with Gasteiger partial charge in [0.05, 0.1) is 5.25 Å². The van der Waals surface area contributed by atoms with Gasteiger partial charge in [0, 0.05) is 26.8 Å². The van der Waals surface area contributed by atoms with E-state index in [1.807, 2.05) is 20.8 Å². The van der Waals surface area contributed by atoms with E-state index in [4.69, 9.17) is 10.5 Å². The van der Waals surface area contributed by atoms with Crippen LogP contribution in [0.15, 0.2) is 0 Å². The molecule has 104 valence electrons. The van der Waals surface area contributed by atoms with Crippen LogP contribution < -0.4 is 10.5 Å². The van der Waals surface area contributed by atoms with E-state index >= 15 is 0 Å². The second-order valence-corrected chi connectivity index (χ2v) is 7.08. The van der Waals surface area contributed by atoms with E-state index in [-0.39, 0.29) is 12.0 Å². The average Bonchev–Trinajstić information content (AvgIpc) is 2.25. The van der Waals surface area contributed by atoms with E-state index in [2.05, 4.69) is 4.72 Å². The van der Waals surface area contributed by atoms with E-state index in [0.29, 0.717) is 19.6 Å². The Morgan fingerprint density at radius 3 is 2.41 bits per heavy atom. The van der Waals surface area contributed by atoms with Crippen LogP contribution in [-0.2, 0) is 14.8 Å². The Labute approximate surface area is 105 Å². The molecule has 0 aliphatic rings. The lowest BCUT2D eigenvalue weighted by molar-refractivity contribution is 0.153. The van der Waals surface area contributed by atoms with Crippen molar-refractivity contribution >= 4 is 10.0 Å². The van der Waals surface area contributed by atoms with E-state index < -0.39 is 15.3 Å². The van der Waals surface area contributed by atoms with Crippen molar-refractivity contribution in [3.63, 3.8) is 0 Å². The fourth-order valence-corrected chi connectivity index (χ4v) is 2.91. The maximum atomic E-state index is 11.9. The summed E-state index contributed by atoms with van der Waals surface area (Å²) in [6.45, 7) is 7.05. The minimum atomic E-state index is -3.30. The number of ether oxygens (including phenoxy) is 1. The molecule has 0 aliphatic carbocycles. The lowest BCUT2D eigenvalue weighted by Gasteiger charge is -2.25. The van der Waals surface area contributed by atoms with Crippen LogP contribution in [0.25, 0.3) is 0 Å². The predicted octanol–water partition coefficient (Wildman–Crippen LogP) is 0.706. The molecule has 0 amide bonds. The number of hydrogen-bond donors (Lipinski definition) is 2. The highest BCUT2D eigenvalue weighted by molar-refractivity contribution is 7.90. The summed E-state index contributed by atoms with van der Waals surface area (Å²) in [5.74, 6) is 0. The molecule has 0 aromatic heterocycles. The highest BCUT2D eigenvalue weighted by atomic mass is 32.2. The van der Waals surface area contributed by atoms with E-state index in [0.717, 1.165) is 6.42 Å². The first-order valence-electron chi connectivity index (χ1n) is 5.96. The van der Waals surface area contributed by atoms with Gasteiger partial charge in [0.25, 0.3) is 0 Å². The summed E-state index contributed by atoms with van der Waals surface area (Å²) in [7, 11) is -1.66. The molecule has 0 heterocycles. The quantitative estimate of drug-likeness (QED) is 0.644. The van der Waals surface area contributed by atoms with Crippen LogP contribution in [0.1, 0.15) is 33.6 Å². The van der Waals surface area contributed by atoms with Crippen molar-refractivity contribution < 1.29 is 13.2 Å². The summed E-state index contributed by atoms with van der Waals surface area (Å²) in [6.07, 6.45) is 1.34. The summed E-state index contributed by atoms with van der Waals surface area (Å²) in [4.78, 5) is 0. The average molecular weight is 266 g/mol. The third kappa shape index (κ3) is 6.35. The maximum absolute atomic E-state index is 11.9. The van der Waals surface area contributed by atoms with E-state index in [1.165, 1.54) is 0 Å². The van der Waals surface area contributed by atoms with Gasteiger partial charge in [-0.3, -0.25) is 0 Å². The largest absolute Gasteiger partial charge is 0.385 e. The van der Waals surface area contributed by atoms with Crippen molar-refractivity contribution in [2.75, 3.05) is 26.8 Å². The molecule has 1 unspecified atom stereocenters. The number of rotatable bonds is 9. The van der Waals surface area contributed by atoms with Crippen LogP contribution in [0.2, 0.25) is 0 Å². The number of sulfonamides is 1. The number of nitrogens with two attached hydrogens (primary N) is 1.